The zero-order chi connectivity index (χ0) is 18.5. The van der Waals surface area contributed by atoms with E-state index in [-0.39, 0.29) is 11.6 Å². The Morgan fingerprint density at radius 2 is 1.88 bits per heavy atom. The molecule has 3 aromatic rings. The van der Waals surface area contributed by atoms with Crippen molar-refractivity contribution in [2.75, 3.05) is 17.3 Å². The molecule has 1 aromatic heterocycles. The second-order valence-corrected chi connectivity index (χ2v) is 6.51. The Morgan fingerprint density at radius 1 is 1.12 bits per heavy atom. The lowest BCUT2D eigenvalue weighted by Gasteiger charge is -2.17. The molecule has 26 heavy (non-hydrogen) atoms. The number of hydrogen-bond donors (Lipinski definition) is 1. The van der Waals surface area contributed by atoms with Crippen LogP contribution in [0.5, 0.6) is 0 Å². The van der Waals surface area contributed by atoms with Crippen LogP contribution in [-0.2, 0) is 6.54 Å². The fourth-order valence-corrected chi connectivity index (χ4v) is 2.70. The highest BCUT2D eigenvalue weighted by Gasteiger charge is 2.13. The molecule has 1 N–H and O–H groups in total. The molecule has 0 unspecified atom stereocenters. The number of nitrogens with zero attached hydrogens (tertiary/aromatic N) is 3. The molecule has 0 atom stereocenters. The molecule has 0 saturated heterocycles. The average molecular weight is 387 g/mol. The van der Waals surface area contributed by atoms with E-state index < -0.39 is 0 Å². The van der Waals surface area contributed by atoms with E-state index in [1.165, 1.54) is 0 Å². The molecule has 1 heterocycles. The van der Waals surface area contributed by atoms with Crippen LogP contribution in [0.25, 0.3) is 0 Å². The zero-order valence-electron chi connectivity index (χ0n) is 14.0. The largest absolute Gasteiger partial charge is 0.340 e. The number of rotatable bonds is 5. The highest BCUT2D eigenvalue weighted by Crippen LogP contribution is 2.25. The molecule has 0 spiro atoms. The molecule has 0 saturated carbocycles. The molecule has 0 bridgehead atoms. The van der Waals surface area contributed by atoms with E-state index in [9.17, 15) is 4.79 Å². The lowest BCUT2D eigenvalue weighted by molar-refractivity contribution is 0.102. The van der Waals surface area contributed by atoms with Gasteiger partial charge in [-0.2, -0.15) is 0 Å². The second kappa shape index (κ2) is 8.17. The monoisotopic (exact) mass is 386 g/mol. The lowest BCUT2D eigenvalue weighted by Crippen LogP contribution is -2.21. The molecule has 5 nitrogen and oxygen atoms in total. The van der Waals surface area contributed by atoms with Crippen LogP contribution in [0.3, 0.4) is 0 Å². The van der Waals surface area contributed by atoms with Crippen LogP contribution in [0.4, 0.5) is 11.6 Å². The zero-order valence-corrected chi connectivity index (χ0v) is 15.5. The van der Waals surface area contributed by atoms with E-state index in [2.05, 4.69) is 15.3 Å². The molecular formula is C19H16Cl2N4O. The molecule has 0 aliphatic heterocycles. The molecule has 0 radical (unpaired) electrons. The van der Waals surface area contributed by atoms with Crippen molar-refractivity contribution in [3.05, 3.63) is 82.1 Å². The summed E-state index contributed by atoms with van der Waals surface area (Å²) >= 11 is 12.0. The topological polar surface area (TPSA) is 58.1 Å². The van der Waals surface area contributed by atoms with Gasteiger partial charge in [0, 0.05) is 24.8 Å². The van der Waals surface area contributed by atoms with Crippen molar-refractivity contribution in [2.24, 2.45) is 0 Å². The van der Waals surface area contributed by atoms with Crippen LogP contribution in [-0.4, -0.2) is 22.9 Å². The van der Waals surface area contributed by atoms with Gasteiger partial charge in [0.2, 0.25) is 5.95 Å². The van der Waals surface area contributed by atoms with E-state index in [1.54, 1.807) is 30.5 Å². The van der Waals surface area contributed by atoms with E-state index in [0.29, 0.717) is 28.2 Å². The summed E-state index contributed by atoms with van der Waals surface area (Å²) in [5, 5.41) is 3.60. The van der Waals surface area contributed by atoms with Crippen LogP contribution in [0, 0.1) is 0 Å². The second-order valence-electron chi connectivity index (χ2n) is 5.66. The number of nitrogens with one attached hydrogen (secondary N) is 1. The first-order valence-corrected chi connectivity index (χ1v) is 8.63. The van der Waals surface area contributed by atoms with Crippen molar-refractivity contribution in [2.45, 2.75) is 6.54 Å². The number of carbonyl (C=O) groups is 1. The fraction of sp³-hybridized carbons (Fsp3) is 0.105. The number of halogens is 2. The molecule has 1 amide bonds. The van der Waals surface area contributed by atoms with E-state index in [4.69, 9.17) is 23.2 Å². The first kappa shape index (κ1) is 18.2. The minimum absolute atomic E-state index is 0.242. The summed E-state index contributed by atoms with van der Waals surface area (Å²) in [4.78, 5) is 23.0. The Balaban J connectivity index is 1.76. The summed E-state index contributed by atoms with van der Waals surface area (Å²) in [6.45, 7) is 0.631. The molecule has 3 rings (SSSR count). The van der Waals surface area contributed by atoms with Gasteiger partial charge in [-0.25, -0.2) is 9.97 Å². The Morgan fingerprint density at radius 3 is 2.65 bits per heavy atom. The van der Waals surface area contributed by atoms with Crippen molar-refractivity contribution in [3.8, 4) is 0 Å². The van der Waals surface area contributed by atoms with Gasteiger partial charge in [0.1, 0.15) is 5.69 Å². The normalized spacial score (nSPS) is 10.4. The Labute approximate surface area is 161 Å². The third-order valence-electron chi connectivity index (χ3n) is 3.66. The highest BCUT2D eigenvalue weighted by atomic mass is 35.5. The average Bonchev–Trinajstić information content (AvgIpc) is 2.65. The van der Waals surface area contributed by atoms with E-state index in [0.717, 1.165) is 5.56 Å². The minimum atomic E-state index is -0.383. The summed E-state index contributed by atoms with van der Waals surface area (Å²) in [5.74, 6) is 0.0737. The van der Waals surface area contributed by atoms with Crippen LogP contribution < -0.4 is 10.2 Å². The van der Waals surface area contributed by atoms with Crippen LogP contribution >= 0.6 is 23.2 Å². The molecule has 7 heteroatoms. The number of benzene rings is 2. The maximum atomic E-state index is 12.5. The molecule has 0 aliphatic carbocycles. The third-order valence-corrected chi connectivity index (χ3v) is 4.22. The van der Waals surface area contributed by atoms with Gasteiger partial charge in [0.25, 0.3) is 5.91 Å². The quantitative estimate of drug-likeness (QED) is 0.691. The molecule has 0 aliphatic rings. The summed E-state index contributed by atoms with van der Waals surface area (Å²) in [6.07, 6.45) is 1.55. The smallest absolute Gasteiger partial charge is 0.274 e. The minimum Gasteiger partial charge on any atom is -0.340 e. The van der Waals surface area contributed by atoms with Gasteiger partial charge in [0.05, 0.1) is 10.7 Å². The van der Waals surface area contributed by atoms with Crippen molar-refractivity contribution in [3.63, 3.8) is 0 Å². The Bertz CT molecular complexity index is 918. The van der Waals surface area contributed by atoms with Crippen molar-refractivity contribution in [1.29, 1.82) is 0 Å². The number of hydrogen-bond acceptors (Lipinski definition) is 4. The van der Waals surface area contributed by atoms with E-state index >= 15 is 0 Å². The van der Waals surface area contributed by atoms with Crippen LogP contribution in [0.1, 0.15) is 16.1 Å². The predicted molar refractivity (Wildman–Crippen MR) is 105 cm³/mol. The summed E-state index contributed by atoms with van der Waals surface area (Å²) in [5.41, 5.74) is 1.80. The van der Waals surface area contributed by atoms with Gasteiger partial charge < -0.3 is 10.2 Å². The van der Waals surface area contributed by atoms with Crippen molar-refractivity contribution in [1.82, 2.24) is 9.97 Å². The number of anilines is 2. The van der Waals surface area contributed by atoms with Crippen molar-refractivity contribution >= 4 is 40.7 Å². The lowest BCUT2D eigenvalue weighted by atomic mass is 10.2. The number of amides is 1. The number of carbonyl (C=O) groups excluding carboxylic acids is 1. The van der Waals surface area contributed by atoms with Crippen LogP contribution in [0.2, 0.25) is 10.0 Å². The first-order chi connectivity index (χ1) is 12.5. The summed E-state index contributed by atoms with van der Waals surface area (Å²) in [7, 11) is 1.87. The van der Waals surface area contributed by atoms with Gasteiger partial charge >= 0.3 is 0 Å². The molecule has 0 fully saturated rings. The SMILES string of the molecule is CN(Cc1ccccc1)c1nccc(C(=O)Nc2cc(Cl)ccc2Cl)n1. The highest BCUT2D eigenvalue weighted by molar-refractivity contribution is 6.35. The Hall–Kier alpha value is -2.63. The van der Waals surface area contributed by atoms with Gasteiger partial charge in [0.15, 0.2) is 0 Å². The van der Waals surface area contributed by atoms with Gasteiger partial charge in [-0.3, -0.25) is 4.79 Å². The molecular weight excluding hydrogens is 371 g/mol. The predicted octanol–water partition coefficient (Wildman–Crippen LogP) is 4.67. The van der Waals surface area contributed by atoms with Gasteiger partial charge in [-0.1, -0.05) is 53.5 Å². The van der Waals surface area contributed by atoms with Gasteiger partial charge in [-0.15, -0.1) is 0 Å². The maximum Gasteiger partial charge on any atom is 0.274 e. The van der Waals surface area contributed by atoms with E-state index in [1.807, 2.05) is 42.3 Å². The van der Waals surface area contributed by atoms with Crippen molar-refractivity contribution < 1.29 is 4.79 Å². The summed E-state index contributed by atoms with van der Waals surface area (Å²) < 4.78 is 0. The fourth-order valence-electron chi connectivity index (χ4n) is 2.37. The number of aromatic nitrogens is 2. The Kier molecular flexibility index (Phi) is 5.71. The standard InChI is InChI=1S/C19H16Cl2N4O/c1-25(12-13-5-3-2-4-6-13)19-22-10-9-16(24-19)18(26)23-17-11-14(20)7-8-15(17)21/h2-11H,12H2,1H3,(H,23,26). The summed E-state index contributed by atoms with van der Waals surface area (Å²) in [6, 6.07) is 16.4. The van der Waals surface area contributed by atoms with Gasteiger partial charge in [-0.05, 0) is 29.8 Å². The molecule has 132 valence electrons. The first-order valence-electron chi connectivity index (χ1n) is 7.87. The maximum absolute atomic E-state index is 12.5. The molecule has 2 aromatic carbocycles. The van der Waals surface area contributed by atoms with Crippen LogP contribution in [0.15, 0.2) is 60.8 Å². The third kappa shape index (κ3) is 4.50.